The van der Waals surface area contributed by atoms with Gasteiger partial charge in [-0.3, -0.25) is 4.79 Å². The van der Waals surface area contributed by atoms with Crippen LogP contribution < -0.4 is 15.5 Å². The number of nitrogens with zero attached hydrogens (tertiary/aromatic N) is 2. The highest BCUT2D eigenvalue weighted by molar-refractivity contribution is 7.14. The van der Waals surface area contributed by atoms with Crippen molar-refractivity contribution in [1.82, 2.24) is 10.3 Å². The molecule has 0 radical (unpaired) electrons. The van der Waals surface area contributed by atoms with E-state index in [2.05, 4.69) is 44.8 Å². The van der Waals surface area contributed by atoms with Gasteiger partial charge >= 0.3 is 0 Å². The summed E-state index contributed by atoms with van der Waals surface area (Å²) in [6, 6.07) is 8.26. The van der Waals surface area contributed by atoms with Crippen LogP contribution in [0.15, 0.2) is 29.6 Å². The fourth-order valence-corrected chi connectivity index (χ4v) is 3.41. The molecule has 3 rings (SSSR count). The Balaban J connectivity index is 1.66. The molecular weight excluding hydrogens is 308 g/mol. The van der Waals surface area contributed by atoms with E-state index < -0.39 is 0 Å². The highest BCUT2D eigenvalue weighted by atomic mass is 32.1. The Bertz CT molecular complexity index is 659. The Morgan fingerprint density at radius 1 is 1.26 bits per heavy atom. The summed E-state index contributed by atoms with van der Waals surface area (Å²) in [6.45, 7) is 1.83. The van der Waals surface area contributed by atoms with Crippen LogP contribution in [0, 0.1) is 5.92 Å². The predicted octanol–water partition coefficient (Wildman–Crippen LogP) is 2.81. The number of aromatic nitrogens is 1. The summed E-state index contributed by atoms with van der Waals surface area (Å²) in [5, 5.41) is 8.91. The number of amides is 1. The van der Waals surface area contributed by atoms with E-state index in [1.165, 1.54) is 11.3 Å². The summed E-state index contributed by atoms with van der Waals surface area (Å²) in [7, 11) is 4.04. The molecule has 5 nitrogen and oxygen atoms in total. The molecular formula is C17H22N4OS. The first-order chi connectivity index (χ1) is 11.1. The van der Waals surface area contributed by atoms with Gasteiger partial charge in [-0.25, -0.2) is 4.98 Å². The third-order valence-electron chi connectivity index (χ3n) is 4.12. The van der Waals surface area contributed by atoms with Crippen molar-refractivity contribution in [1.29, 1.82) is 0 Å². The van der Waals surface area contributed by atoms with Gasteiger partial charge in [0, 0.05) is 36.6 Å². The number of hydrogen-bond donors (Lipinski definition) is 2. The molecule has 1 amide bonds. The van der Waals surface area contributed by atoms with Gasteiger partial charge in [-0.1, -0.05) is 12.1 Å². The molecule has 2 N–H and O–H groups in total. The predicted molar refractivity (Wildman–Crippen MR) is 96.1 cm³/mol. The van der Waals surface area contributed by atoms with E-state index in [-0.39, 0.29) is 11.8 Å². The van der Waals surface area contributed by atoms with Gasteiger partial charge in [-0.15, -0.1) is 11.3 Å². The highest BCUT2D eigenvalue weighted by Gasteiger charge is 2.21. The average molecular weight is 330 g/mol. The molecule has 1 aliphatic heterocycles. The van der Waals surface area contributed by atoms with Crippen molar-refractivity contribution in [2.45, 2.75) is 12.8 Å². The molecule has 2 heterocycles. The van der Waals surface area contributed by atoms with Gasteiger partial charge in [0.05, 0.1) is 5.69 Å². The summed E-state index contributed by atoms with van der Waals surface area (Å²) >= 11 is 1.48. The lowest BCUT2D eigenvalue weighted by Crippen LogP contribution is -2.34. The fourth-order valence-electron chi connectivity index (χ4n) is 2.69. The van der Waals surface area contributed by atoms with Gasteiger partial charge in [0.2, 0.25) is 5.91 Å². The first-order valence-electron chi connectivity index (χ1n) is 7.88. The third-order valence-corrected chi connectivity index (χ3v) is 4.88. The topological polar surface area (TPSA) is 57.3 Å². The Morgan fingerprint density at radius 3 is 2.61 bits per heavy atom. The molecule has 1 saturated heterocycles. The third kappa shape index (κ3) is 3.89. The van der Waals surface area contributed by atoms with Gasteiger partial charge in [0.1, 0.15) is 0 Å². The summed E-state index contributed by atoms with van der Waals surface area (Å²) < 4.78 is 0. The van der Waals surface area contributed by atoms with Crippen LogP contribution in [0.25, 0.3) is 11.3 Å². The number of thiazole rings is 1. The molecule has 23 heavy (non-hydrogen) atoms. The number of anilines is 2. The van der Waals surface area contributed by atoms with Gasteiger partial charge in [0.25, 0.3) is 0 Å². The van der Waals surface area contributed by atoms with Crippen molar-refractivity contribution in [3.63, 3.8) is 0 Å². The average Bonchev–Trinajstić information content (AvgIpc) is 3.04. The van der Waals surface area contributed by atoms with Crippen LogP contribution in [0.4, 0.5) is 10.8 Å². The monoisotopic (exact) mass is 330 g/mol. The second-order valence-corrected chi connectivity index (χ2v) is 6.85. The Hall–Kier alpha value is -1.92. The number of rotatable bonds is 4. The molecule has 122 valence electrons. The summed E-state index contributed by atoms with van der Waals surface area (Å²) in [5.41, 5.74) is 3.12. The zero-order valence-electron chi connectivity index (χ0n) is 13.5. The number of piperidine rings is 1. The Morgan fingerprint density at radius 2 is 1.96 bits per heavy atom. The van der Waals surface area contributed by atoms with Crippen LogP contribution in [-0.4, -0.2) is 38.1 Å². The summed E-state index contributed by atoms with van der Waals surface area (Å²) in [4.78, 5) is 18.9. The maximum Gasteiger partial charge on any atom is 0.229 e. The van der Waals surface area contributed by atoms with Crippen molar-refractivity contribution < 1.29 is 4.79 Å². The van der Waals surface area contributed by atoms with E-state index in [4.69, 9.17) is 0 Å². The van der Waals surface area contributed by atoms with Crippen LogP contribution >= 0.6 is 11.3 Å². The molecule has 1 aliphatic rings. The minimum absolute atomic E-state index is 0.0929. The molecule has 0 aliphatic carbocycles. The molecule has 6 heteroatoms. The van der Waals surface area contributed by atoms with Crippen LogP contribution in [0.5, 0.6) is 0 Å². The molecule has 1 fully saturated rings. The van der Waals surface area contributed by atoms with Gasteiger partial charge in [-0.2, -0.15) is 0 Å². The lowest BCUT2D eigenvalue weighted by atomic mass is 9.97. The van der Waals surface area contributed by atoms with Gasteiger partial charge in [0.15, 0.2) is 5.13 Å². The van der Waals surface area contributed by atoms with Crippen LogP contribution in [0.1, 0.15) is 12.8 Å². The smallest absolute Gasteiger partial charge is 0.229 e. The molecule has 0 bridgehead atoms. The van der Waals surface area contributed by atoms with Gasteiger partial charge < -0.3 is 15.5 Å². The molecule has 0 atom stereocenters. The zero-order valence-corrected chi connectivity index (χ0v) is 14.3. The first kappa shape index (κ1) is 16.0. The van der Waals surface area contributed by atoms with Crippen LogP contribution in [0.3, 0.4) is 0 Å². The van der Waals surface area contributed by atoms with Crippen molar-refractivity contribution in [2.75, 3.05) is 37.4 Å². The van der Waals surface area contributed by atoms with Crippen molar-refractivity contribution in [3.05, 3.63) is 29.6 Å². The second-order valence-electron chi connectivity index (χ2n) is 5.99. The Labute approximate surface area is 140 Å². The van der Waals surface area contributed by atoms with E-state index in [0.717, 1.165) is 42.9 Å². The van der Waals surface area contributed by atoms with E-state index in [0.29, 0.717) is 5.13 Å². The van der Waals surface area contributed by atoms with E-state index in [9.17, 15) is 4.79 Å². The van der Waals surface area contributed by atoms with Gasteiger partial charge in [-0.05, 0) is 38.1 Å². The number of benzene rings is 1. The minimum atomic E-state index is 0.0929. The second kappa shape index (κ2) is 7.10. The van der Waals surface area contributed by atoms with Crippen LogP contribution in [0.2, 0.25) is 0 Å². The molecule has 2 aromatic rings. The first-order valence-corrected chi connectivity index (χ1v) is 8.76. The normalized spacial score (nSPS) is 15.4. The zero-order chi connectivity index (χ0) is 16.2. The van der Waals surface area contributed by atoms with Crippen molar-refractivity contribution in [3.8, 4) is 11.3 Å². The SMILES string of the molecule is CN(C)c1ccc(-c2csc(NC(=O)C3CCNCC3)n2)cc1. The standard InChI is InChI=1S/C17H22N4OS/c1-21(2)14-5-3-12(4-6-14)15-11-23-17(19-15)20-16(22)13-7-9-18-10-8-13/h3-6,11,13,18H,7-10H2,1-2H3,(H,19,20,22). The number of nitrogens with one attached hydrogen (secondary N) is 2. The number of carbonyl (C=O) groups is 1. The van der Waals surface area contributed by atoms with Crippen LogP contribution in [-0.2, 0) is 4.79 Å². The lowest BCUT2D eigenvalue weighted by Gasteiger charge is -2.21. The van der Waals surface area contributed by atoms with E-state index in [1.807, 2.05) is 19.5 Å². The maximum absolute atomic E-state index is 12.3. The molecule has 1 aromatic heterocycles. The molecule has 0 unspecified atom stereocenters. The quantitative estimate of drug-likeness (QED) is 0.905. The Kier molecular flexibility index (Phi) is 4.93. The lowest BCUT2D eigenvalue weighted by molar-refractivity contribution is -0.120. The summed E-state index contributed by atoms with van der Waals surface area (Å²) in [6.07, 6.45) is 1.80. The molecule has 1 aromatic carbocycles. The summed E-state index contributed by atoms with van der Waals surface area (Å²) in [5.74, 6) is 0.193. The van der Waals surface area contributed by atoms with Crippen molar-refractivity contribution >= 4 is 28.1 Å². The molecule has 0 spiro atoms. The van der Waals surface area contributed by atoms with E-state index in [1.54, 1.807) is 0 Å². The van der Waals surface area contributed by atoms with Crippen molar-refractivity contribution in [2.24, 2.45) is 5.92 Å². The largest absolute Gasteiger partial charge is 0.378 e. The van der Waals surface area contributed by atoms with E-state index >= 15 is 0 Å². The molecule has 0 saturated carbocycles. The maximum atomic E-state index is 12.3. The fraction of sp³-hybridized carbons (Fsp3) is 0.412. The highest BCUT2D eigenvalue weighted by Crippen LogP contribution is 2.27. The number of carbonyl (C=O) groups excluding carboxylic acids is 1. The minimum Gasteiger partial charge on any atom is -0.378 e. The number of hydrogen-bond acceptors (Lipinski definition) is 5.